The number of nitrogens with zero attached hydrogens (tertiary/aromatic N) is 1. The molecule has 1 amide bonds. The number of benzene rings is 2. The van der Waals surface area contributed by atoms with Crippen LogP contribution in [-0.4, -0.2) is 19.5 Å². The fourth-order valence-electron chi connectivity index (χ4n) is 2.48. The summed E-state index contributed by atoms with van der Waals surface area (Å²) in [5.41, 5.74) is 4.40. The summed E-state index contributed by atoms with van der Waals surface area (Å²) in [5.74, 6) is 0.0618. The molecule has 0 aliphatic carbocycles. The van der Waals surface area contributed by atoms with Crippen molar-refractivity contribution in [3.8, 4) is 0 Å². The summed E-state index contributed by atoms with van der Waals surface area (Å²) in [5, 5.41) is 3.07. The Balaban J connectivity index is 1.94. The van der Waals surface area contributed by atoms with Crippen molar-refractivity contribution in [2.24, 2.45) is 0 Å². The summed E-state index contributed by atoms with van der Waals surface area (Å²) in [7, 11) is 2.01. The number of amides is 1. The van der Waals surface area contributed by atoms with Gasteiger partial charge in [0.2, 0.25) is 5.91 Å². The van der Waals surface area contributed by atoms with E-state index in [1.165, 1.54) is 5.56 Å². The van der Waals surface area contributed by atoms with Crippen molar-refractivity contribution in [3.63, 3.8) is 0 Å². The van der Waals surface area contributed by atoms with E-state index in [-0.39, 0.29) is 5.91 Å². The molecule has 0 aliphatic rings. The topological polar surface area (TPSA) is 32.3 Å². The molecular formula is C19H24N2O. The van der Waals surface area contributed by atoms with Crippen LogP contribution in [0.25, 0.3) is 0 Å². The third-order valence-electron chi connectivity index (χ3n) is 3.88. The average Bonchev–Trinajstić information content (AvgIpc) is 2.55. The van der Waals surface area contributed by atoms with E-state index in [1.807, 2.05) is 44.3 Å². The lowest BCUT2D eigenvalue weighted by molar-refractivity contribution is -0.116. The smallest absolute Gasteiger partial charge is 0.226 e. The minimum atomic E-state index is 0.0618. The highest BCUT2D eigenvalue weighted by Gasteiger charge is 2.09. The zero-order valence-corrected chi connectivity index (χ0v) is 13.6. The maximum absolute atomic E-state index is 12.2. The largest absolute Gasteiger partial charge is 0.374 e. The second-order valence-electron chi connectivity index (χ2n) is 5.52. The Bertz CT molecular complexity index is 623. The average molecular weight is 296 g/mol. The number of carbonyl (C=O) groups excluding carboxylic acids is 1. The van der Waals surface area contributed by atoms with Gasteiger partial charge >= 0.3 is 0 Å². The SMILES string of the molecule is CCc1cccc(C)c1NC(=O)CCN(C)c1ccccc1. The molecule has 3 heteroatoms. The zero-order chi connectivity index (χ0) is 15.9. The minimum absolute atomic E-state index is 0.0618. The van der Waals surface area contributed by atoms with Crippen LogP contribution in [0.5, 0.6) is 0 Å². The van der Waals surface area contributed by atoms with Gasteiger partial charge in [-0.3, -0.25) is 4.79 Å². The van der Waals surface area contributed by atoms with Gasteiger partial charge in [0, 0.05) is 31.4 Å². The molecule has 0 heterocycles. The van der Waals surface area contributed by atoms with Crippen LogP contribution in [0.4, 0.5) is 11.4 Å². The van der Waals surface area contributed by atoms with Gasteiger partial charge in [-0.1, -0.05) is 43.3 Å². The van der Waals surface area contributed by atoms with Crippen LogP contribution >= 0.6 is 0 Å². The van der Waals surface area contributed by atoms with Gasteiger partial charge in [-0.05, 0) is 36.6 Å². The molecule has 116 valence electrons. The summed E-state index contributed by atoms with van der Waals surface area (Å²) >= 11 is 0. The summed E-state index contributed by atoms with van der Waals surface area (Å²) in [6.07, 6.45) is 1.39. The van der Waals surface area contributed by atoms with Crippen molar-refractivity contribution < 1.29 is 4.79 Å². The van der Waals surface area contributed by atoms with Crippen molar-refractivity contribution in [1.82, 2.24) is 0 Å². The highest BCUT2D eigenvalue weighted by Crippen LogP contribution is 2.21. The van der Waals surface area contributed by atoms with Gasteiger partial charge in [0.1, 0.15) is 0 Å². The minimum Gasteiger partial charge on any atom is -0.374 e. The Morgan fingerprint density at radius 1 is 1.09 bits per heavy atom. The first-order chi connectivity index (χ1) is 10.6. The number of nitrogens with one attached hydrogen (secondary N) is 1. The molecule has 0 saturated heterocycles. The molecule has 22 heavy (non-hydrogen) atoms. The van der Waals surface area contributed by atoms with Crippen molar-refractivity contribution >= 4 is 17.3 Å². The molecule has 0 fully saturated rings. The highest BCUT2D eigenvalue weighted by molar-refractivity contribution is 5.92. The second kappa shape index (κ2) is 7.64. The molecule has 0 aromatic heterocycles. The fourth-order valence-corrected chi connectivity index (χ4v) is 2.48. The lowest BCUT2D eigenvalue weighted by Gasteiger charge is -2.19. The monoisotopic (exact) mass is 296 g/mol. The molecule has 2 rings (SSSR count). The van der Waals surface area contributed by atoms with Gasteiger partial charge in [-0.25, -0.2) is 0 Å². The van der Waals surface area contributed by atoms with E-state index in [4.69, 9.17) is 0 Å². The van der Waals surface area contributed by atoms with Crippen LogP contribution in [0.1, 0.15) is 24.5 Å². The van der Waals surface area contributed by atoms with E-state index in [9.17, 15) is 4.79 Å². The predicted octanol–water partition coefficient (Wildman–Crippen LogP) is 4.02. The third-order valence-corrected chi connectivity index (χ3v) is 3.88. The Labute approximate surface area is 133 Å². The molecule has 2 aromatic carbocycles. The summed E-state index contributed by atoms with van der Waals surface area (Å²) < 4.78 is 0. The van der Waals surface area contributed by atoms with Gasteiger partial charge in [0.15, 0.2) is 0 Å². The number of hydrogen-bond acceptors (Lipinski definition) is 2. The molecule has 2 aromatic rings. The Kier molecular flexibility index (Phi) is 5.59. The second-order valence-corrected chi connectivity index (χ2v) is 5.52. The van der Waals surface area contributed by atoms with Gasteiger partial charge in [0.25, 0.3) is 0 Å². The number of carbonyl (C=O) groups is 1. The van der Waals surface area contributed by atoms with Crippen molar-refractivity contribution in [2.75, 3.05) is 23.8 Å². The number of aryl methyl sites for hydroxylation is 2. The van der Waals surface area contributed by atoms with Gasteiger partial charge in [-0.2, -0.15) is 0 Å². The first kappa shape index (κ1) is 16.1. The standard InChI is InChI=1S/C19H24N2O/c1-4-16-10-8-9-15(2)19(16)20-18(22)13-14-21(3)17-11-6-5-7-12-17/h5-12H,4,13-14H2,1-3H3,(H,20,22). The van der Waals surface area contributed by atoms with Gasteiger partial charge in [0.05, 0.1) is 0 Å². The molecule has 0 saturated carbocycles. The quantitative estimate of drug-likeness (QED) is 0.873. The Morgan fingerprint density at radius 3 is 2.50 bits per heavy atom. The normalized spacial score (nSPS) is 10.3. The van der Waals surface area contributed by atoms with Crippen molar-refractivity contribution in [2.45, 2.75) is 26.7 Å². The molecular weight excluding hydrogens is 272 g/mol. The fraction of sp³-hybridized carbons (Fsp3) is 0.316. The molecule has 0 atom stereocenters. The van der Waals surface area contributed by atoms with Crippen molar-refractivity contribution in [3.05, 3.63) is 59.7 Å². The maximum atomic E-state index is 12.2. The summed E-state index contributed by atoms with van der Waals surface area (Å²) in [6.45, 7) is 4.83. The van der Waals surface area contributed by atoms with Crippen molar-refractivity contribution in [1.29, 1.82) is 0 Å². The third kappa shape index (κ3) is 4.10. The molecule has 0 radical (unpaired) electrons. The van der Waals surface area contributed by atoms with Gasteiger partial charge in [-0.15, -0.1) is 0 Å². The molecule has 0 unspecified atom stereocenters. The van der Waals surface area contributed by atoms with Crippen LogP contribution in [0.15, 0.2) is 48.5 Å². The van der Waals surface area contributed by atoms with Crippen LogP contribution in [0.2, 0.25) is 0 Å². The first-order valence-corrected chi connectivity index (χ1v) is 7.76. The first-order valence-electron chi connectivity index (χ1n) is 7.76. The van der Waals surface area contributed by atoms with E-state index in [0.29, 0.717) is 13.0 Å². The van der Waals surface area contributed by atoms with Crippen LogP contribution in [-0.2, 0) is 11.2 Å². The van der Waals surface area contributed by atoms with Crippen LogP contribution in [0.3, 0.4) is 0 Å². The lowest BCUT2D eigenvalue weighted by Crippen LogP contribution is -2.24. The molecule has 1 N–H and O–H groups in total. The predicted molar refractivity (Wildman–Crippen MR) is 93.5 cm³/mol. The Morgan fingerprint density at radius 2 is 1.82 bits per heavy atom. The van der Waals surface area contributed by atoms with E-state index < -0.39 is 0 Å². The van der Waals surface area contributed by atoms with Crippen LogP contribution in [0, 0.1) is 6.92 Å². The lowest BCUT2D eigenvalue weighted by atomic mass is 10.1. The number of para-hydroxylation sites is 2. The maximum Gasteiger partial charge on any atom is 0.226 e. The van der Waals surface area contributed by atoms with E-state index in [0.717, 1.165) is 23.4 Å². The van der Waals surface area contributed by atoms with E-state index >= 15 is 0 Å². The molecule has 0 aliphatic heterocycles. The number of anilines is 2. The van der Waals surface area contributed by atoms with Crippen LogP contribution < -0.4 is 10.2 Å². The molecule has 3 nitrogen and oxygen atoms in total. The Hall–Kier alpha value is -2.29. The summed E-state index contributed by atoms with van der Waals surface area (Å²) in [6, 6.07) is 16.2. The highest BCUT2D eigenvalue weighted by atomic mass is 16.1. The molecule has 0 spiro atoms. The number of hydrogen-bond donors (Lipinski definition) is 1. The van der Waals surface area contributed by atoms with E-state index in [1.54, 1.807) is 0 Å². The van der Waals surface area contributed by atoms with Gasteiger partial charge < -0.3 is 10.2 Å². The summed E-state index contributed by atoms with van der Waals surface area (Å²) in [4.78, 5) is 14.3. The zero-order valence-electron chi connectivity index (χ0n) is 13.6. The molecule has 0 bridgehead atoms. The van der Waals surface area contributed by atoms with E-state index in [2.05, 4.69) is 35.3 Å². The number of rotatable bonds is 6.